The Morgan fingerprint density at radius 3 is 2.54 bits per heavy atom. The smallest absolute Gasteiger partial charge is 0.202 e. The minimum absolute atomic E-state index is 0.0408. The van der Waals surface area contributed by atoms with Crippen molar-refractivity contribution in [1.82, 2.24) is 0 Å². The number of ether oxygens (including phenoxy) is 2. The Balaban J connectivity index is 1.90. The van der Waals surface area contributed by atoms with Gasteiger partial charge in [-0.05, 0) is 24.1 Å². The van der Waals surface area contributed by atoms with Crippen LogP contribution < -0.4 is 9.47 Å². The van der Waals surface area contributed by atoms with Gasteiger partial charge in [0.2, 0.25) is 5.78 Å². The second kappa shape index (κ2) is 6.41. The van der Waals surface area contributed by atoms with Gasteiger partial charge < -0.3 is 24.8 Å². The number of Topliss-reactive ketones (excluding diaryl/α,β-unsaturated/α-hetero) is 1. The third kappa shape index (κ3) is 2.88. The lowest BCUT2D eigenvalue weighted by molar-refractivity contribution is 0.0210. The maximum atomic E-state index is 12.3. The molecule has 24 heavy (non-hydrogen) atoms. The van der Waals surface area contributed by atoms with Crippen molar-refractivity contribution >= 4 is 5.78 Å². The normalized spacial score (nSPS) is 19.5. The Bertz CT molecular complexity index is 753. The first-order valence-corrected chi connectivity index (χ1v) is 7.69. The van der Waals surface area contributed by atoms with Crippen molar-refractivity contribution < 1.29 is 29.6 Å². The molecule has 0 bridgehead atoms. The van der Waals surface area contributed by atoms with E-state index in [1.807, 2.05) is 6.92 Å². The second-order valence-corrected chi connectivity index (χ2v) is 5.60. The Hall–Kier alpha value is -2.73. The molecule has 6 heteroatoms. The van der Waals surface area contributed by atoms with Crippen LogP contribution in [0.1, 0.15) is 35.4 Å². The molecule has 2 unspecified atom stereocenters. The number of phenolic OH excluding ortho intramolecular Hbond substituents is 2. The van der Waals surface area contributed by atoms with Crippen LogP contribution in [0.5, 0.6) is 23.0 Å². The van der Waals surface area contributed by atoms with Crippen molar-refractivity contribution in [3.05, 3.63) is 47.5 Å². The van der Waals surface area contributed by atoms with Gasteiger partial charge >= 0.3 is 0 Å². The highest BCUT2D eigenvalue weighted by molar-refractivity contribution is 6.05. The molecule has 0 aromatic heterocycles. The summed E-state index contributed by atoms with van der Waals surface area (Å²) in [6, 6.07) is 9.17. The third-order valence-electron chi connectivity index (χ3n) is 3.80. The molecule has 6 nitrogen and oxygen atoms in total. The molecule has 2 aromatic carbocycles. The van der Waals surface area contributed by atoms with Gasteiger partial charge in [0.05, 0.1) is 6.61 Å². The molecule has 3 N–H and O–H groups in total. The SMILES string of the molecule is CCCOc1ccc(C2Oc3cc(O)cc(O)c3C(=O)C2O)cc1. The summed E-state index contributed by atoms with van der Waals surface area (Å²) in [7, 11) is 0. The van der Waals surface area contributed by atoms with Gasteiger partial charge in [-0.3, -0.25) is 4.79 Å². The van der Waals surface area contributed by atoms with E-state index in [0.29, 0.717) is 17.9 Å². The number of aliphatic hydroxyl groups excluding tert-OH is 1. The molecule has 0 aliphatic carbocycles. The van der Waals surface area contributed by atoms with Gasteiger partial charge in [0.15, 0.2) is 12.2 Å². The fourth-order valence-corrected chi connectivity index (χ4v) is 2.64. The van der Waals surface area contributed by atoms with Crippen molar-refractivity contribution in [2.24, 2.45) is 0 Å². The van der Waals surface area contributed by atoms with E-state index < -0.39 is 23.7 Å². The summed E-state index contributed by atoms with van der Waals surface area (Å²) in [4.78, 5) is 12.3. The number of carbonyl (C=O) groups excluding carboxylic acids is 1. The first-order valence-electron chi connectivity index (χ1n) is 7.69. The number of carbonyl (C=O) groups is 1. The summed E-state index contributed by atoms with van der Waals surface area (Å²) in [6.45, 7) is 2.61. The number of ketones is 1. The molecule has 1 aliphatic heterocycles. The zero-order valence-corrected chi connectivity index (χ0v) is 13.1. The number of hydrogen-bond acceptors (Lipinski definition) is 6. The maximum absolute atomic E-state index is 12.3. The fourth-order valence-electron chi connectivity index (χ4n) is 2.64. The number of aliphatic hydroxyl groups is 1. The molecule has 0 saturated heterocycles. The predicted octanol–water partition coefficient (Wildman–Crippen LogP) is 2.56. The summed E-state index contributed by atoms with van der Waals surface area (Å²) < 4.78 is 11.1. The van der Waals surface area contributed by atoms with E-state index in [-0.39, 0.29) is 17.1 Å². The zero-order chi connectivity index (χ0) is 17.3. The molecule has 0 fully saturated rings. The molecular weight excluding hydrogens is 312 g/mol. The van der Waals surface area contributed by atoms with Crippen molar-refractivity contribution in [2.45, 2.75) is 25.6 Å². The molecule has 2 aromatic rings. The van der Waals surface area contributed by atoms with E-state index in [1.54, 1.807) is 24.3 Å². The predicted molar refractivity (Wildman–Crippen MR) is 85.7 cm³/mol. The van der Waals surface area contributed by atoms with Crippen LogP contribution in [0.15, 0.2) is 36.4 Å². The molecule has 126 valence electrons. The fraction of sp³-hybridized carbons (Fsp3) is 0.278. The minimum Gasteiger partial charge on any atom is -0.508 e. The highest BCUT2D eigenvalue weighted by Gasteiger charge is 2.39. The van der Waals surface area contributed by atoms with Crippen LogP contribution in [0, 0.1) is 0 Å². The number of hydrogen-bond donors (Lipinski definition) is 3. The average molecular weight is 330 g/mol. The van der Waals surface area contributed by atoms with Gasteiger partial charge in [0, 0.05) is 12.1 Å². The quantitative estimate of drug-likeness (QED) is 0.797. The number of phenols is 2. The second-order valence-electron chi connectivity index (χ2n) is 5.60. The maximum Gasteiger partial charge on any atom is 0.202 e. The summed E-state index contributed by atoms with van der Waals surface area (Å²) in [5, 5.41) is 29.6. The summed E-state index contributed by atoms with van der Waals surface area (Å²) >= 11 is 0. The Morgan fingerprint density at radius 2 is 1.88 bits per heavy atom. The van der Waals surface area contributed by atoms with Crippen LogP contribution in [0.4, 0.5) is 0 Å². The third-order valence-corrected chi connectivity index (χ3v) is 3.80. The lowest BCUT2D eigenvalue weighted by Gasteiger charge is -2.30. The molecule has 0 radical (unpaired) electrons. The lowest BCUT2D eigenvalue weighted by Crippen LogP contribution is -2.36. The standard InChI is InChI=1S/C18H18O6/c1-2-7-23-12-5-3-10(4-6-12)18-17(22)16(21)15-13(20)8-11(19)9-14(15)24-18/h3-6,8-9,17-20,22H,2,7H2,1H3. The van der Waals surface area contributed by atoms with E-state index in [0.717, 1.165) is 12.5 Å². The highest BCUT2D eigenvalue weighted by atomic mass is 16.5. The van der Waals surface area contributed by atoms with E-state index in [4.69, 9.17) is 9.47 Å². The molecule has 1 aliphatic rings. The van der Waals surface area contributed by atoms with Gasteiger partial charge in [-0.1, -0.05) is 19.1 Å². The van der Waals surface area contributed by atoms with Crippen molar-refractivity contribution in [3.8, 4) is 23.0 Å². The Kier molecular flexibility index (Phi) is 4.31. The van der Waals surface area contributed by atoms with Crippen LogP contribution in [0.2, 0.25) is 0 Å². The van der Waals surface area contributed by atoms with Crippen LogP contribution in [0.25, 0.3) is 0 Å². The van der Waals surface area contributed by atoms with Crippen LogP contribution in [-0.2, 0) is 0 Å². The number of fused-ring (bicyclic) bond motifs is 1. The average Bonchev–Trinajstić information content (AvgIpc) is 2.56. The van der Waals surface area contributed by atoms with Crippen LogP contribution in [0.3, 0.4) is 0 Å². The van der Waals surface area contributed by atoms with Crippen LogP contribution >= 0.6 is 0 Å². The first kappa shape index (κ1) is 16.1. The lowest BCUT2D eigenvalue weighted by atomic mass is 9.93. The molecule has 2 atom stereocenters. The molecule has 0 spiro atoms. The number of benzene rings is 2. The molecule has 0 saturated carbocycles. The first-order chi connectivity index (χ1) is 11.5. The molecular formula is C18H18O6. The Labute approximate surface area is 138 Å². The summed E-state index contributed by atoms with van der Waals surface area (Å²) in [5.41, 5.74) is 0.465. The Morgan fingerprint density at radius 1 is 1.17 bits per heavy atom. The zero-order valence-electron chi connectivity index (χ0n) is 13.1. The topological polar surface area (TPSA) is 96.2 Å². The van der Waals surface area contributed by atoms with E-state index in [9.17, 15) is 20.1 Å². The van der Waals surface area contributed by atoms with Crippen molar-refractivity contribution in [2.75, 3.05) is 6.61 Å². The van der Waals surface area contributed by atoms with Crippen molar-refractivity contribution in [1.29, 1.82) is 0 Å². The molecule has 1 heterocycles. The van der Waals surface area contributed by atoms with Crippen LogP contribution in [-0.4, -0.2) is 33.8 Å². The number of rotatable bonds is 4. The highest BCUT2D eigenvalue weighted by Crippen LogP contribution is 2.41. The largest absolute Gasteiger partial charge is 0.508 e. The van der Waals surface area contributed by atoms with E-state index >= 15 is 0 Å². The summed E-state index contributed by atoms with van der Waals surface area (Å²) in [6.07, 6.45) is -1.48. The van der Waals surface area contributed by atoms with E-state index in [1.165, 1.54) is 6.07 Å². The molecule has 3 rings (SSSR count). The number of aromatic hydroxyl groups is 2. The van der Waals surface area contributed by atoms with Gasteiger partial charge in [0.25, 0.3) is 0 Å². The van der Waals surface area contributed by atoms with Gasteiger partial charge in [0.1, 0.15) is 28.6 Å². The van der Waals surface area contributed by atoms with Gasteiger partial charge in [-0.2, -0.15) is 0 Å². The van der Waals surface area contributed by atoms with Crippen molar-refractivity contribution in [3.63, 3.8) is 0 Å². The summed E-state index contributed by atoms with van der Waals surface area (Å²) in [5.74, 6) is -0.564. The van der Waals surface area contributed by atoms with E-state index in [2.05, 4.69) is 0 Å². The minimum atomic E-state index is -1.45. The monoisotopic (exact) mass is 330 g/mol. The van der Waals surface area contributed by atoms with Gasteiger partial charge in [-0.15, -0.1) is 0 Å². The molecule has 0 amide bonds. The van der Waals surface area contributed by atoms with Gasteiger partial charge in [-0.25, -0.2) is 0 Å².